The summed E-state index contributed by atoms with van der Waals surface area (Å²) < 4.78 is 5.24. The molecule has 0 spiro atoms. The summed E-state index contributed by atoms with van der Waals surface area (Å²) in [6.07, 6.45) is 1.93. The zero-order valence-corrected chi connectivity index (χ0v) is 12.5. The maximum absolute atomic E-state index is 12.5. The Morgan fingerprint density at radius 3 is 2.90 bits per heavy atom. The Labute approximate surface area is 128 Å². The fourth-order valence-electron chi connectivity index (χ4n) is 2.80. The molecular weight excluding hydrogens is 286 g/mol. The topological polar surface area (TPSA) is 38.3 Å². The van der Waals surface area contributed by atoms with Crippen LogP contribution in [0.4, 0.5) is 0 Å². The lowest BCUT2D eigenvalue weighted by atomic mass is 10.1. The Kier molecular flexibility index (Phi) is 3.84. The van der Waals surface area contributed by atoms with E-state index in [9.17, 15) is 4.79 Å². The van der Waals surface area contributed by atoms with Crippen molar-refractivity contribution >= 4 is 17.5 Å². The molecule has 4 heteroatoms. The number of aryl methyl sites for hydroxylation is 1. The third kappa shape index (κ3) is 2.74. The molecular formula is C17H16ClNO2. The normalized spacial score (nSPS) is 16.4. The predicted molar refractivity (Wildman–Crippen MR) is 83.0 cm³/mol. The van der Waals surface area contributed by atoms with Gasteiger partial charge in [0.15, 0.2) is 0 Å². The number of fused-ring (bicyclic) bond motifs is 1. The van der Waals surface area contributed by atoms with E-state index >= 15 is 0 Å². The summed E-state index contributed by atoms with van der Waals surface area (Å²) in [5, 5.41) is 3.63. The minimum atomic E-state index is -0.134. The molecule has 21 heavy (non-hydrogen) atoms. The van der Waals surface area contributed by atoms with Gasteiger partial charge in [0.2, 0.25) is 0 Å². The van der Waals surface area contributed by atoms with Gasteiger partial charge in [0.1, 0.15) is 5.75 Å². The number of hydrogen-bond acceptors (Lipinski definition) is 2. The van der Waals surface area contributed by atoms with Gasteiger partial charge >= 0.3 is 0 Å². The number of ether oxygens (including phenoxy) is 1. The summed E-state index contributed by atoms with van der Waals surface area (Å²) in [5.41, 5.74) is 3.02. The second-order valence-corrected chi connectivity index (χ2v) is 5.54. The molecule has 1 N–H and O–H groups in total. The van der Waals surface area contributed by atoms with Crippen LogP contribution < -0.4 is 10.1 Å². The molecule has 3 rings (SSSR count). The first-order valence-electron chi connectivity index (χ1n) is 6.91. The van der Waals surface area contributed by atoms with Gasteiger partial charge in [0, 0.05) is 5.02 Å². The van der Waals surface area contributed by atoms with Crippen molar-refractivity contribution in [3.05, 3.63) is 64.2 Å². The van der Waals surface area contributed by atoms with Crippen molar-refractivity contribution in [3.63, 3.8) is 0 Å². The van der Waals surface area contributed by atoms with Crippen molar-refractivity contribution in [2.45, 2.75) is 18.9 Å². The van der Waals surface area contributed by atoms with E-state index in [-0.39, 0.29) is 11.9 Å². The van der Waals surface area contributed by atoms with Gasteiger partial charge in [-0.1, -0.05) is 35.9 Å². The molecule has 0 saturated heterocycles. The summed E-state index contributed by atoms with van der Waals surface area (Å²) in [7, 11) is 1.54. The predicted octanol–water partition coefficient (Wildman–Crippen LogP) is 3.77. The standard InChI is InChI=1S/C17H16ClNO2/c1-21-16-10-12(18)7-8-14(16)17(20)19-15-9-6-11-4-2-3-5-13(11)15/h2-5,7-8,10,15H,6,9H2,1H3,(H,19,20)/t15-/m1/s1. The third-order valence-electron chi connectivity index (χ3n) is 3.85. The smallest absolute Gasteiger partial charge is 0.255 e. The van der Waals surface area contributed by atoms with Crippen LogP contribution in [-0.2, 0) is 6.42 Å². The maximum atomic E-state index is 12.5. The Bertz CT molecular complexity index is 684. The average Bonchev–Trinajstić information content (AvgIpc) is 2.90. The molecule has 1 amide bonds. The van der Waals surface area contributed by atoms with Crippen LogP contribution in [0, 0.1) is 0 Å². The molecule has 1 aliphatic rings. The second kappa shape index (κ2) is 5.78. The molecule has 3 nitrogen and oxygen atoms in total. The molecule has 1 aliphatic carbocycles. The van der Waals surface area contributed by atoms with E-state index in [0.29, 0.717) is 16.3 Å². The van der Waals surface area contributed by atoms with E-state index in [1.54, 1.807) is 18.2 Å². The summed E-state index contributed by atoms with van der Waals surface area (Å²) in [6.45, 7) is 0. The Balaban J connectivity index is 1.82. The van der Waals surface area contributed by atoms with E-state index < -0.39 is 0 Å². The number of halogens is 1. The van der Waals surface area contributed by atoms with Crippen molar-refractivity contribution in [2.24, 2.45) is 0 Å². The van der Waals surface area contributed by atoms with E-state index in [2.05, 4.69) is 17.4 Å². The minimum absolute atomic E-state index is 0.0640. The van der Waals surface area contributed by atoms with Crippen molar-refractivity contribution < 1.29 is 9.53 Å². The van der Waals surface area contributed by atoms with Gasteiger partial charge in [-0.15, -0.1) is 0 Å². The first kappa shape index (κ1) is 14.0. The van der Waals surface area contributed by atoms with Gasteiger partial charge in [-0.3, -0.25) is 4.79 Å². The van der Waals surface area contributed by atoms with Crippen LogP contribution in [0.15, 0.2) is 42.5 Å². The zero-order valence-electron chi connectivity index (χ0n) is 11.7. The maximum Gasteiger partial charge on any atom is 0.255 e. The van der Waals surface area contributed by atoms with Gasteiger partial charge < -0.3 is 10.1 Å². The van der Waals surface area contributed by atoms with Gasteiger partial charge in [-0.05, 0) is 42.2 Å². The molecule has 0 aromatic heterocycles. The first-order valence-corrected chi connectivity index (χ1v) is 7.29. The van der Waals surface area contributed by atoms with Crippen molar-refractivity contribution in [1.82, 2.24) is 5.32 Å². The molecule has 0 fully saturated rings. The molecule has 1 atom stereocenters. The van der Waals surface area contributed by atoms with Gasteiger partial charge in [0.05, 0.1) is 18.7 Å². The van der Waals surface area contributed by atoms with Crippen LogP contribution in [0.2, 0.25) is 5.02 Å². The Morgan fingerprint density at radius 1 is 1.29 bits per heavy atom. The molecule has 2 aromatic rings. The van der Waals surface area contributed by atoms with E-state index in [0.717, 1.165) is 12.8 Å². The lowest BCUT2D eigenvalue weighted by molar-refractivity contribution is 0.0933. The number of amides is 1. The summed E-state index contributed by atoms with van der Waals surface area (Å²) in [4.78, 5) is 12.5. The fraction of sp³-hybridized carbons (Fsp3) is 0.235. The monoisotopic (exact) mass is 301 g/mol. The number of carbonyl (C=O) groups is 1. The summed E-state index contributed by atoms with van der Waals surface area (Å²) in [5.74, 6) is 0.358. The van der Waals surface area contributed by atoms with Crippen LogP contribution >= 0.6 is 11.6 Å². The van der Waals surface area contributed by atoms with Crippen molar-refractivity contribution in [1.29, 1.82) is 0 Å². The third-order valence-corrected chi connectivity index (χ3v) is 4.08. The van der Waals surface area contributed by atoms with Gasteiger partial charge in [-0.2, -0.15) is 0 Å². The highest BCUT2D eigenvalue weighted by molar-refractivity contribution is 6.30. The minimum Gasteiger partial charge on any atom is -0.496 e. The molecule has 0 aliphatic heterocycles. The quantitative estimate of drug-likeness (QED) is 0.937. The average molecular weight is 302 g/mol. The van der Waals surface area contributed by atoms with E-state index in [1.165, 1.54) is 18.2 Å². The highest BCUT2D eigenvalue weighted by atomic mass is 35.5. The Hall–Kier alpha value is -2.00. The lowest BCUT2D eigenvalue weighted by Crippen LogP contribution is -2.27. The van der Waals surface area contributed by atoms with Gasteiger partial charge in [-0.25, -0.2) is 0 Å². The first-order chi connectivity index (χ1) is 10.2. The Morgan fingerprint density at radius 2 is 2.10 bits per heavy atom. The van der Waals surface area contributed by atoms with Crippen molar-refractivity contribution in [2.75, 3.05) is 7.11 Å². The summed E-state index contributed by atoms with van der Waals surface area (Å²) >= 11 is 5.93. The number of benzene rings is 2. The number of hydrogen-bond donors (Lipinski definition) is 1. The molecule has 0 bridgehead atoms. The van der Waals surface area contributed by atoms with Crippen LogP contribution in [0.25, 0.3) is 0 Å². The number of nitrogens with one attached hydrogen (secondary N) is 1. The number of carbonyl (C=O) groups excluding carboxylic acids is 1. The molecule has 0 saturated carbocycles. The van der Waals surface area contributed by atoms with Crippen LogP contribution in [0.5, 0.6) is 5.75 Å². The lowest BCUT2D eigenvalue weighted by Gasteiger charge is -2.15. The fourth-order valence-corrected chi connectivity index (χ4v) is 2.96. The molecule has 0 unspecified atom stereocenters. The van der Waals surface area contributed by atoms with Crippen LogP contribution in [0.1, 0.15) is 33.9 Å². The summed E-state index contributed by atoms with van der Waals surface area (Å²) in [6, 6.07) is 13.3. The largest absolute Gasteiger partial charge is 0.496 e. The number of methoxy groups -OCH3 is 1. The highest BCUT2D eigenvalue weighted by Crippen LogP contribution is 2.31. The van der Waals surface area contributed by atoms with Crippen molar-refractivity contribution in [3.8, 4) is 5.75 Å². The SMILES string of the molecule is COc1cc(Cl)ccc1C(=O)N[C@@H]1CCc2ccccc21. The molecule has 2 aromatic carbocycles. The molecule has 0 heterocycles. The molecule has 108 valence electrons. The van der Waals surface area contributed by atoms with E-state index in [4.69, 9.17) is 16.3 Å². The van der Waals surface area contributed by atoms with Crippen LogP contribution in [0.3, 0.4) is 0 Å². The molecule has 0 radical (unpaired) electrons. The van der Waals surface area contributed by atoms with Gasteiger partial charge in [0.25, 0.3) is 5.91 Å². The zero-order chi connectivity index (χ0) is 14.8. The second-order valence-electron chi connectivity index (χ2n) is 5.11. The van der Waals surface area contributed by atoms with Crippen LogP contribution in [-0.4, -0.2) is 13.0 Å². The highest BCUT2D eigenvalue weighted by Gasteiger charge is 2.24. The number of rotatable bonds is 3. The van der Waals surface area contributed by atoms with E-state index in [1.807, 2.05) is 12.1 Å².